The molecule has 0 aliphatic carbocycles. The molecule has 0 fully saturated rings. The van der Waals surface area contributed by atoms with E-state index in [-0.39, 0.29) is 5.06 Å². The summed E-state index contributed by atoms with van der Waals surface area (Å²) in [6.07, 6.45) is 0. The van der Waals surface area contributed by atoms with E-state index < -0.39 is 0 Å². The Kier molecular flexibility index (Phi) is 3.72. The van der Waals surface area contributed by atoms with Gasteiger partial charge in [-0.05, 0) is 0 Å². The number of likely N-dealkylation sites (N-methyl/N-ethyl adjacent to an activating group) is 2. The molecule has 8 heavy (non-hydrogen) atoms. The van der Waals surface area contributed by atoms with Gasteiger partial charge in [-0.15, -0.1) is 0 Å². The second kappa shape index (κ2) is 3.80. The van der Waals surface area contributed by atoms with Crippen LogP contribution in [0.3, 0.4) is 0 Å². The fraction of sp³-hybridized carbons (Fsp3) is 1.00. The van der Waals surface area contributed by atoms with Gasteiger partial charge >= 0.3 is 0 Å². The molecule has 0 saturated carbocycles. The fourth-order valence-corrected chi connectivity index (χ4v) is 0.364. The average Bonchev–Trinajstić information content (AvgIpc) is 1.61. The Hall–Kier alpha value is -0.160. The first-order valence-corrected chi connectivity index (χ1v) is 2.66. The molecule has 2 unspecified atom stereocenters. The number of rotatable bonds is 3. The van der Waals surface area contributed by atoms with Gasteiger partial charge in [-0.1, -0.05) is 0 Å². The van der Waals surface area contributed by atoms with Gasteiger partial charge in [0.25, 0.3) is 0 Å². The van der Waals surface area contributed by atoms with Crippen LogP contribution in [0, 0.1) is 5.21 Å². The summed E-state index contributed by atoms with van der Waals surface area (Å²) in [5.41, 5.74) is 0. The lowest BCUT2D eigenvalue weighted by atomic mass is 10.6. The molecule has 50 valence electrons. The number of hydroxylamine groups is 2. The third-order valence-corrected chi connectivity index (χ3v) is 0.852. The Morgan fingerprint density at radius 3 is 2.00 bits per heavy atom. The highest BCUT2D eigenvalue weighted by Gasteiger charge is 1.89. The van der Waals surface area contributed by atoms with Crippen LogP contribution in [0.2, 0.25) is 0 Å². The molecule has 0 rings (SSSR count). The zero-order valence-corrected chi connectivity index (χ0v) is 5.32. The normalized spacial score (nSPS) is 18.0. The molecule has 0 bridgehead atoms. The van der Waals surface area contributed by atoms with Crippen molar-refractivity contribution < 1.29 is 10.1 Å². The van der Waals surface area contributed by atoms with Crippen molar-refractivity contribution in [3.8, 4) is 0 Å². The van der Waals surface area contributed by atoms with Gasteiger partial charge in [0.2, 0.25) is 0 Å². The minimum Gasteiger partial charge on any atom is -0.634 e. The first-order chi connectivity index (χ1) is 3.63. The van der Waals surface area contributed by atoms with Crippen LogP contribution in [-0.2, 0) is 0 Å². The highest BCUT2D eigenvalue weighted by Crippen LogP contribution is 1.36. The van der Waals surface area contributed by atoms with E-state index in [0.29, 0.717) is 18.1 Å². The summed E-state index contributed by atoms with van der Waals surface area (Å²) in [5, 5.41) is 11.0. The van der Waals surface area contributed by atoms with Gasteiger partial charge in [-0.3, -0.25) is 0 Å². The Morgan fingerprint density at radius 2 is 1.88 bits per heavy atom. The van der Waals surface area contributed by atoms with Gasteiger partial charge in [0.1, 0.15) is 13.1 Å². The Balaban J connectivity index is 2.93. The molecule has 0 heterocycles. The van der Waals surface area contributed by atoms with Crippen LogP contribution in [0.4, 0.5) is 0 Å². The lowest BCUT2D eigenvalue weighted by Gasteiger charge is -2.20. The summed E-state index contributed by atoms with van der Waals surface area (Å²) in [6.45, 7) is 1.14. The second-order valence-electron chi connectivity index (χ2n) is 1.98. The van der Waals surface area contributed by atoms with E-state index in [2.05, 4.69) is 0 Å². The minimum absolute atomic E-state index is 0.164. The highest BCUT2D eigenvalue weighted by atomic mass is 16.5. The zero-order chi connectivity index (χ0) is 6.57. The lowest BCUT2D eigenvalue weighted by Crippen LogP contribution is -3.12. The van der Waals surface area contributed by atoms with E-state index in [4.69, 9.17) is 5.84 Å². The average molecular weight is 119 g/mol. The summed E-state index contributed by atoms with van der Waals surface area (Å²) in [4.78, 5) is 0. The monoisotopic (exact) mass is 119 g/mol. The molecule has 2 atom stereocenters. The van der Waals surface area contributed by atoms with Gasteiger partial charge in [0, 0.05) is 0 Å². The summed E-state index contributed by atoms with van der Waals surface area (Å²) >= 11 is 0. The highest BCUT2D eigenvalue weighted by molar-refractivity contribution is 4.19. The van der Waals surface area contributed by atoms with Gasteiger partial charge in [0.05, 0.1) is 14.1 Å². The van der Waals surface area contributed by atoms with Crippen molar-refractivity contribution in [2.24, 2.45) is 0 Å². The molecule has 4 nitrogen and oxygen atoms in total. The van der Waals surface area contributed by atoms with Crippen molar-refractivity contribution in [3.05, 3.63) is 11.0 Å². The van der Waals surface area contributed by atoms with Crippen LogP contribution in [-0.4, -0.2) is 27.2 Å². The second-order valence-corrected chi connectivity index (χ2v) is 1.98. The van der Waals surface area contributed by atoms with E-state index >= 15 is 0 Å². The molecule has 0 saturated heterocycles. The SMILES string of the molecule is C[NH+]([NH-])CC[NH+](C)[O-]. The van der Waals surface area contributed by atoms with E-state index in [1.165, 1.54) is 0 Å². The molecule has 0 aromatic rings. The van der Waals surface area contributed by atoms with Gasteiger partial charge in [-0.25, -0.2) is 0 Å². The largest absolute Gasteiger partial charge is 0.634 e. The smallest absolute Gasteiger partial charge is 0.126 e. The van der Waals surface area contributed by atoms with E-state index in [1.54, 1.807) is 14.1 Å². The van der Waals surface area contributed by atoms with E-state index in [9.17, 15) is 5.21 Å². The molecule has 0 aromatic heterocycles. The van der Waals surface area contributed by atoms with Crippen LogP contribution < -0.4 is 10.1 Å². The predicted octanol–water partition coefficient (Wildman–Crippen LogP) is -2.52. The zero-order valence-electron chi connectivity index (χ0n) is 5.32. The van der Waals surface area contributed by atoms with Crippen molar-refractivity contribution in [2.45, 2.75) is 0 Å². The van der Waals surface area contributed by atoms with Crippen LogP contribution in [0.15, 0.2) is 0 Å². The summed E-state index contributed by atoms with van der Waals surface area (Å²) in [6, 6.07) is 0. The van der Waals surface area contributed by atoms with Gasteiger partial charge in [-0.2, -0.15) is 0 Å². The maximum Gasteiger partial charge on any atom is 0.126 e. The molecule has 0 aromatic carbocycles. The van der Waals surface area contributed by atoms with E-state index in [0.717, 1.165) is 0 Å². The van der Waals surface area contributed by atoms with Crippen molar-refractivity contribution in [1.82, 2.24) is 0 Å². The summed E-state index contributed by atoms with van der Waals surface area (Å²) in [7, 11) is 3.26. The Labute approximate surface area is 49.4 Å². The third-order valence-electron chi connectivity index (χ3n) is 0.852. The van der Waals surface area contributed by atoms with Crippen molar-refractivity contribution >= 4 is 0 Å². The fourth-order valence-electron chi connectivity index (χ4n) is 0.364. The molecule has 0 aliphatic heterocycles. The minimum atomic E-state index is 0.164. The topological polar surface area (TPSA) is 55.7 Å². The van der Waals surface area contributed by atoms with Crippen LogP contribution in [0.5, 0.6) is 0 Å². The molecule has 0 aliphatic rings. The predicted molar refractivity (Wildman–Crippen MR) is 31.2 cm³/mol. The molecule has 3 N–H and O–H groups in total. The maximum absolute atomic E-state index is 10.3. The molecular weight excluding hydrogens is 106 g/mol. The van der Waals surface area contributed by atoms with Crippen molar-refractivity contribution in [3.63, 3.8) is 0 Å². The van der Waals surface area contributed by atoms with Crippen LogP contribution >= 0.6 is 0 Å². The quantitative estimate of drug-likeness (QED) is 0.396. The van der Waals surface area contributed by atoms with Crippen molar-refractivity contribution in [2.75, 3.05) is 27.2 Å². The standard InChI is InChI=1S/C4H13N3O/c1-6(5)3-4-7(2)8/h5-7H,3-4H2,1-2H3. The molecule has 0 amide bonds. The lowest BCUT2D eigenvalue weighted by molar-refractivity contribution is -0.888. The van der Waals surface area contributed by atoms with E-state index in [1.807, 2.05) is 0 Å². The van der Waals surface area contributed by atoms with Gasteiger partial charge in [0.15, 0.2) is 0 Å². The molecule has 4 heteroatoms. The van der Waals surface area contributed by atoms with Gasteiger partial charge < -0.3 is 21.1 Å². The van der Waals surface area contributed by atoms with Crippen LogP contribution in [0.1, 0.15) is 0 Å². The van der Waals surface area contributed by atoms with Crippen LogP contribution in [0.25, 0.3) is 5.84 Å². The Bertz CT molecular complexity index is 47.2. The summed E-state index contributed by atoms with van der Waals surface area (Å²) in [5.74, 6) is 6.94. The molecule has 0 radical (unpaired) electrons. The third kappa shape index (κ3) is 5.84. The number of hydrogen-bond donors (Lipinski definition) is 2. The molecular formula is C4H13N3O. The first kappa shape index (κ1) is 7.84. The molecule has 0 spiro atoms. The van der Waals surface area contributed by atoms with Crippen molar-refractivity contribution in [1.29, 1.82) is 0 Å². The maximum atomic E-state index is 10.3. The first-order valence-electron chi connectivity index (χ1n) is 2.66. The summed E-state index contributed by atoms with van der Waals surface area (Å²) < 4.78 is 0. The number of hydrogen-bond acceptors (Lipinski definition) is 1. The number of nitrogens with one attached hydrogen (secondary N) is 3. The Morgan fingerprint density at radius 1 is 1.38 bits per heavy atom. The number of quaternary nitrogens is 2.